The van der Waals surface area contributed by atoms with Crippen molar-refractivity contribution in [3.63, 3.8) is 0 Å². The molecule has 1 aromatic rings. The topological polar surface area (TPSA) is 24.9 Å². The molecule has 1 heterocycles. The van der Waals surface area contributed by atoms with Gasteiger partial charge in [-0.05, 0) is 38.4 Å². The van der Waals surface area contributed by atoms with E-state index in [0.717, 1.165) is 51.5 Å². The number of likely N-dealkylation sites (N-methyl/N-ethyl adjacent to an activating group) is 1. The third-order valence-electron chi connectivity index (χ3n) is 4.48. The number of allylic oxidation sites excluding steroid dienone is 1. The lowest BCUT2D eigenvalue weighted by atomic mass is 10.0. The summed E-state index contributed by atoms with van der Waals surface area (Å²) < 4.78 is 11.7. The molecular formula is C20H32N2O2. The molecule has 4 nitrogen and oxygen atoms in total. The molecule has 0 saturated carbocycles. The molecule has 0 bridgehead atoms. The van der Waals surface area contributed by atoms with Gasteiger partial charge >= 0.3 is 0 Å². The highest BCUT2D eigenvalue weighted by Crippen LogP contribution is 2.26. The summed E-state index contributed by atoms with van der Waals surface area (Å²) in [6.07, 6.45) is 2.76. The van der Waals surface area contributed by atoms with Gasteiger partial charge in [-0.3, -0.25) is 4.90 Å². The summed E-state index contributed by atoms with van der Waals surface area (Å²) in [5.41, 5.74) is 3.66. The molecule has 0 atom stereocenters. The molecule has 1 aliphatic heterocycles. The van der Waals surface area contributed by atoms with E-state index in [1.54, 1.807) is 0 Å². The van der Waals surface area contributed by atoms with E-state index in [4.69, 9.17) is 9.47 Å². The number of aryl methyl sites for hydroxylation is 2. The molecule has 0 unspecified atom stereocenters. The van der Waals surface area contributed by atoms with Gasteiger partial charge in [0.05, 0.1) is 13.2 Å². The predicted molar refractivity (Wildman–Crippen MR) is 100 cm³/mol. The minimum absolute atomic E-state index is 0.594. The normalized spacial score (nSPS) is 16.3. The molecule has 2 rings (SSSR count). The zero-order valence-electron chi connectivity index (χ0n) is 15.5. The van der Waals surface area contributed by atoms with E-state index < -0.39 is 0 Å². The number of benzene rings is 1. The molecule has 0 aliphatic carbocycles. The molecule has 0 radical (unpaired) electrons. The number of hydrogen-bond acceptors (Lipinski definition) is 4. The molecule has 4 heteroatoms. The van der Waals surface area contributed by atoms with Crippen LogP contribution in [0.4, 0.5) is 0 Å². The van der Waals surface area contributed by atoms with Gasteiger partial charge in [0.15, 0.2) is 0 Å². The van der Waals surface area contributed by atoms with E-state index in [-0.39, 0.29) is 0 Å². The fourth-order valence-corrected chi connectivity index (χ4v) is 3.13. The largest absolute Gasteiger partial charge is 0.491 e. The first kappa shape index (κ1) is 19.0. The van der Waals surface area contributed by atoms with Crippen molar-refractivity contribution in [2.75, 3.05) is 59.6 Å². The van der Waals surface area contributed by atoms with Crippen LogP contribution in [0.15, 0.2) is 24.8 Å². The summed E-state index contributed by atoms with van der Waals surface area (Å²) in [5, 5.41) is 0. The zero-order valence-corrected chi connectivity index (χ0v) is 15.5. The third kappa shape index (κ3) is 5.93. The SMILES string of the molecule is C=CCc1cc(C)cc(C)c1OCCOCCN1CCN(C)CC1. The lowest BCUT2D eigenvalue weighted by Crippen LogP contribution is -2.45. The highest BCUT2D eigenvalue weighted by Gasteiger charge is 2.13. The monoisotopic (exact) mass is 332 g/mol. The first-order valence-electron chi connectivity index (χ1n) is 8.92. The van der Waals surface area contributed by atoms with Crippen molar-refractivity contribution in [3.05, 3.63) is 41.5 Å². The van der Waals surface area contributed by atoms with Crippen molar-refractivity contribution in [2.45, 2.75) is 20.3 Å². The van der Waals surface area contributed by atoms with Gasteiger partial charge in [0.2, 0.25) is 0 Å². The van der Waals surface area contributed by atoms with Gasteiger partial charge in [0, 0.05) is 32.7 Å². The summed E-state index contributed by atoms with van der Waals surface area (Å²) in [6, 6.07) is 4.34. The smallest absolute Gasteiger partial charge is 0.125 e. The van der Waals surface area contributed by atoms with E-state index in [1.165, 1.54) is 16.7 Å². The Balaban J connectivity index is 1.68. The van der Waals surface area contributed by atoms with Crippen LogP contribution in [0.1, 0.15) is 16.7 Å². The van der Waals surface area contributed by atoms with E-state index in [2.05, 4.69) is 49.4 Å². The van der Waals surface area contributed by atoms with Crippen molar-refractivity contribution in [3.8, 4) is 5.75 Å². The zero-order chi connectivity index (χ0) is 17.4. The first-order valence-corrected chi connectivity index (χ1v) is 8.92. The van der Waals surface area contributed by atoms with Crippen LogP contribution in [0.25, 0.3) is 0 Å². The molecule has 134 valence electrons. The third-order valence-corrected chi connectivity index (χ3v) is 4.48. The molecule has 0 aromatic heterocycles. The molecule has 24 heavy (non-hydrogen) atoms. The minimum Gasteiger partial charge on any atom is -0.491 e. The highest BCUT2D eigenvalue weighted by atomic mass is 16.5. The second-order valence-electron chi connectivity index (χ2n) is 6.67. The standard InChI is InChI=1S/C20H32N2O2/c1-5-6-19-16-17(2)15-18(3)20(19)24-14-13-23-12-11-22-9-7-21(4)8-10-22/h5,15-16H,1,6-14H2,2-4H3. The van der Waals surface area contributed by atoms with Crippen LogP contribution >= 0.6 is 0 Å². The number of rotatable bonds is 9. The second-order valence-corrected chi connectivity index (χ2v) is 6.67. The Morgan fingerprint density at radius 1 is 1.08 bits per heavy atom. The summed E-state index contributed by atoms with van der Waals surface area (Å²) in [5.74, 6) is 0.989. The number of nitrogens with zero attached hydrogens (tertiary/aromatic N) is 2. The van der Waals surface area contributed by atoms with Crippen LogP contribution in [0.2, 0.25) is 0 Å². The number of piperazine rings is 1. The van der Waals surface area contributed by atoms with Gasteiger partial charge in [-0.1, -0.05) is 23.8 Å². The highest BCUT2D eigenvalue weighted by molar-refractivity contribution is 5.44. The summed E-state index contributed by atoms with van der Waals surface area (Å²) >= 11 is 0. The summed E-state index contributed by atoms with van der Waals surface area (Å²) in [6.45, 7) is 15.7. The van der Waals surface area contributed by atoms with Gasteiger partial charge in [0.25, 0.3) is 0 Å². The molecule has 1 fully saturated rings. The summed E-state index contributed by atoms with van der Waals surface area (Å²) in [7, 11) is 2.18. The Labute approximate surface area is 147 Å². The van der Waals surface area contributed by atoms with Crippen molar-refractivity contribution >= 4 is 0 Å². The van der Waals surface area contributed by atoms with Crippen LogP contribution in [-0.2, 0) is 11.2 Å². The van der Waals surface area contributed by atoms with Crippen molar-refractivity contribution < 1.29 is 9.47 Å². The van der Waals surface area contributed by atoms with Crippen molar-refractivity contribution in [2.24, 2.45) is 0 Å². The van der Waals surface area contributed by atoms with E-state index in [0.29, 0.717) is 13.2 Å². The van der Waals surface area contributed by atoms with Crippen LogP contribution in [0, 0.1) is 13.8 Å². The molecular weight excluding hydrogens is 300 g/mol. The Morgan fingerprint density at radius 3 is 2.54 bits per heavy atom. The molecule has 1 aromatic carbocycles. The van der Waals surface area contributed by atoms with Crippen molar-refractivity contribution in [1.82, 2.24) is 9.80 Å². The van der Waals surface area contributed by atoms with Crippen molar-refractivity contribution in [1.29, 1.82) is 0 Å². The van der Waals surface area contributed by atoms with Crippen LogP contribution in [0.5, 0.6) is 5.75 Å². The fraction of sp³-hybridized carbons (Fsp3) is 0.600. The molecule has 0 spiro atoms. The van der Waals surface area contributed by atoms with Gasteiger partial charge in [-0.25, -0.2) is 0 Å². The average molecular weight is 332 g/mol. The maximum atomic E-state index is 5.99. The molecule has 1 aliphatic rings. The molecule has 0 amide bonds. The average Bonchev–Trinajstić information content (AvgIpc) is 2.54. The number of ether oxygens (including phenoxy) is 2. The van der Waals surface area contributed by atoms with Gasteiger partial charge in [-0.2, -0.15) is 0 Å². The quantitative estimate of drug-likeness (QED) is 0.513. The molecule has 0 N–H and O–H groups in total. The summed E-state index contributed by atoms with van der Waals surface area (Å²) in [4.78, 5) is 4.84. The Bertz CT molecular complexity index is 523. The van der Waals surface area contributed by atoms with Crippen LogP contribution in [-0.4, -0.2) is 69.4 Å². The van der Waals surface area contributed by atoms with Crippen LogP contribution < -0.4 is 4.74 Å². The Kier molecular flexibility index (Phi) is 7.76. The second kappa shape index (κ2) is 9.82. The predicted octanol–water partition coefficient (Wildman–Crippen LogP) is 2.67. The fourth-order valence-electron chi connectivity index (χ4n) is 3.13. The van der Waals surface area contributed by atoms with E-state index in [9.17, 15) is 0 Å². The van der Waals surface area contributed by atoms with E-state index >= 15 is 0 Å². The Hall–Kier alpha value is -1.36. The van der Waals surface area contributed by atoms with E-state index in [1.807, 2.05) is 6.08 Å². The lowest BCUT2D eigenvalue weighted by Gasteiger charge is -2.32. The number of hydrogen-bond donors (Lipinski definition) is 0. The maximum Gasteiger partial charge on any atom is 0.125 e. The first-order chi connectivity index (χ1) is 11.6. The van der Waals surface area contributed by atoms with Crippen LogP contribution in [0.3, 0.4) is 0 Å². The maximum absolute atomic E-state index is 5.99. The van der Waals surface area contributed by atoms with Gasteiger partial charge < -0.3 is 14.4 Å². The van der Waals surface area contributed by atoms with Gasteiger partial charge in [-0.15, -0.1) is 6.58 Å². The Morgan fingerprint density at radius 2 is 1.83 bits per heavy atom. The minimum atomic E-state index is 0.594. The lowest BCUT2D eigenvalue weighted by molar-refractivity contribution is 0.0655. The molecule has 1 saturated heterocycles. The van der Waals surface area contributed by atoms with Gasteiger partial charge in [0.1, 0.15) is 12.4 Å².